The zero-order valence-electron chi connectivity index (χ0n) is 11.3. The van der Waals surface area contributed by atoms with Gasteiger partial charge in [0.2, 0.25) is 5.91 Å². The molecule has 0 saturated carbocycles. The van der Waals surface area contributed by atoms with Crippen LogP contribution in [0.4, 0.5) is 0 Å². The molecule has 0 aromatic carbocycles. The summed E-state index contributed by atoms with van der Waals surface area (Å²) in [7, 11) is 0. The van der Waals surface area contributed by atoms with Crippen molar-refractivity contribution in [2.75, 3.05) is 18.8 Å². The lowest BCUT2D eigenvalue weighted by molar-refractivity contribution is -0.119. The molecule has 2 atom stereocenters. The molecule has 0 radical (unpaired) electrons. The van der Waals surface area contributed by atoms with E-state index in [4.69, 9.17) is 0 Å². The van der Waals surface area contributed by atoms with E-state index in [0.717, 1.165) is 19.5 Å². The highest BCUT2D eigenvalue weighted by Crippen LogP contribution is 2.19. The van der Waals surface area contributed by atoms with Gasteiger partial charge in [-0.15, -0.1) is 11.8 Å². The monoisotopic (exact) mass is 258 g/mol. The van der Waals surface area contributed by atoms with Crippen molar-refractivity contribution in [3.8, 4) is 0 Å². The Morgan fingerprint density at radius 2 is 2.06 bits per heavy atom. The Bertz CT molecular complexity index is 229. The fraction of sp³-hybridized carbons (Fsp3) is 0.923. The fourth-order valence-electron chi connectivity index (χ4n) is 1.95. The van der Waals surface area contributed by atoms with Crippen molar-refractivity contribution in [3.63, 3.8) is 0 Å². The lowest BCUT2D eigenvalue weighted by atomic mass is 10.0. The van der Waals surface area contributed by atoms with Crippen LogP contribution in [0.5, 0.6) is 0 Å². The van der Waals surface area contributed by atoms with E-state index in [1.807, 2.05) is 11.8 Å². The molecule has 0 bridgehead atoms. The first-order valence-corrected chi connectivity index (χ1v) is 7.80. The zero-order chi connectivity index (χ0) is 12.7. The minimum Gasteiger partial charge on any atom is -0.353 e. The molecule has 2 N–H and O–H groups in total. The summed E-state index contributed by atoms with van der Waals surface area (Å²) in [4.78, 5) is 11.8. The number of piperidine rings is 1. The van der Waals surface area contributed by atoms with Gasteiger partial charge in [0, 0.05) is 11.3 Å². The topological polar surface area (TPSA) is 41.1 Å². The molecule has 2 unspecified atom stereocenters. The van der Waals surface area contributed by atoms with E-state index >= 15 is 0 Å². The maximum Gasteiger partial charge on any atom is 0.230 e. The molecule has 1 aliphatic rings. The number of hydrogen-bond donors (Lipinski definition) is 2. The van der Waals surface area contributed by atoms with Gasteiger partial charge >= 0.3 is 0 Å². The van der Waals surface area contributed by atoms with Crippen molar-refractivity contribution in [2.45, 2.75) is 51.3 Å². The third-order valence-corrected chi connectivity index (χ3v) is 4.99. The summed E-state index contributed by atoms with van der Waals surface area (Å²) in [6, 6.07) is 0.293. The van der Waals surface area contributed by atoms with E-state index in [-0.39, 0.29) is 5.91 Å². The minimum absolute atomic E-state index is 0.196. The second kappa shape index (κ2) is 7.98. The Labute approximate surface area is 109 Å². The summed E-state index contributed by atoms with van der Waals surface area (Å²) in [6.45, 7) is 8.65. The SMILES string of the molecule is CCC(C)C(C)NC(=O)CSC1CCNCC1. The molecule has 1 amide bonds. The molecule has 1 fully saturated rings. The highest BCUT2D eigenvalue weighted by atomic mass is 32.2. The van der Waals surface area contributed by atoms with Crippen LogP contribution in [0.15, 0.2) is 0 Å². The van der Waals surface area contributed by atoms with E-state index < -0.39 is 0 Å². The Balaban J connectivity index is 2.15. The van der Waals surface area contributed by atoms with Crippen LogP contribution < -0.4 is 10.6 Å². The van der Waals surface area contributed by atoms with Crippen LogP contribution >= 0.6 is 11.8 Å². The summed E-state index contributed by atoms with van der Waals surface area (Å²) in [5.74, 6) is 1.37. The number of carbonyl (C=O) groups is 1. The zero-order valence-corrected chi connectivity index (χ0v) is 12.1. The Kier molecular flexibility index (Phi) is 6.97. The molecule has 1 rings (SSSR count). The predicted octanol–water partition coefficient (Wildman–Crippen LogP) is 2.02. The number of amides is 1. The van der Waals surface area contributed by atoms with E-state index in [0.29, 0.717) is 23.0 Å². The van der Waals surface area contributed by atoms with Gasteiger partial charge in [-0.25, -0.2) is 0 Å². The first-order valence-electron chi connectivity index (χ1n) is 6.75. The molecule has 3 nitrogen and oxygen atoms in total. The van der Waals surface area contributed by atoms with Crippen LogP contribution in [0.3, 0.4) is 0 Å². The van der Waals surface area contributed by atoms with Crippen LogP contribution in [0, 0.1) is 5.92 Å². The van der Waals surface area contributed by atoms with Gasteiger partial charge < -0.3 is 10.6 Å². The Hall–Kier alpha value is -0.220. The van der Waals surface area contributed by atoms with E-state index in [1.165, 1.54) is 12.8 Å². The summed E-state index contributed by atoms with van der Waals surface area (Å²) < 4.78 is 0. The van der Waals surface area contributed by atoms with Crippen molar-refractivity contribution < 1.29 is 4.79 Å². The summed E-state index contributed by atoms with van der Waals surface area (Å²) >= 11 is 1.81. The molecule has 0 spiro atoms. The standard InChI is InChI=1S/C13H26N2OS/c1-4-10(2)11(3)15-13(16)9-17-12-5-7-14-8-6-12/h10-12,14H,4-9H2,1-3H3,(H,15,16). The van der Waals surface area contributed by atoms with E-state index in [1.54, 1.807) is 0 Å². The third kappa shape index (κ3) is 5.77. The van der Waals surface area contributed by atoms with Crippen LogP contribution in [-0.4, -0.2) is 36.0 Å². The highest BCUT2D eigenvalue weighted by Gasteiger charge is 2.17. The lowest BCUT2D eigenvalue weighted by Gasteiger charge is -2.23. The average Bonchev–Trinajstić information content (AvgIpc) is 2.36. The molecule has 100 valence electrons. The Morgan fingerprint density at radius 1 is 1.41 bits per heavy atom. The maximum absolute atomic E-state index is 11.8. The molecule has 1 heterocycles. The summed E-state index contributed by atoms with van der Waals surface area (Å²) in [5.41, 5.74) is 0. The maximum atomic E-state index is 11.8. The number of nitrogens with one attached hydrogen (secondary N) is 2. The normalized spacial score (nSPS) is 20.9. The molecule has 0 aromatic rings. The van der Waals surface area contributed by atoms with Gasteiger partial charge in [0.15, 0.2) is 0 Å². The van der Waals surface area contributed by atoms with E-state index in [9.17, 15) is 4.79 Å². The predicted molar refractivity (Wildman–Crippen MR) is 75.4 cm³/mol. The highest BCUT2D eigenvalue weighted by molar-refractivity contribution is 8.00. The molecule has 1 aliphatic heterocycles. The second-order valence-corrected chi connectivity index (χ2v) is 6.29. The summed E-state index contributed by atoms with van der Waals surface area (Å²) in [5, 5.41) is 7.11. The lowest BCUT2D eigenvalue weighted by Crippen LogP contribution is -2.38. The third-order valence-electron chi connectivity index (χ3n) is 3.62. The van der Waals surface area contributed by atoms with Gasteiger partial charge in [-0.1, -0.05) is 20.3 Å². The number of thioether (sulfide) groups is 1. The van der Waals surface area contributed by atoms with Crippen LogP contribution in [0.2, 0.25) is 0 Å². The van der Waals surface area contributed by atoms with Gasteiger partial charge in [-0.2, -0.15) is 0 Å². The van der Waals surface area contributed by atoms with Crippen molar-refractivity contribution >= 4 is 17.7 Å². The van der Waals surface area contributed by atoms with Crippen LogP contribution in [0.1, 0.15) is 40.0 Å². The van der Waals surface area contributed by atoms with Crippen molar-refractivity contribution in [1.82, 2.24) is 10.6 Å². The molecule has 4 heteroatoms. The van der Waals surface area contributed by atoms with Gasteiger partial charge in [0.05, 0.1) is 5.75 Å². The number of carbonyl (C=O) groups excluding carboxylic acids is 1. The molecule has 0 aromatic heterocycles. The smallest absolute Gasteiger partial charge is 0.230 e. The van der Waals surface area contributed by atoms with Crippen molar-refractivity contribution in [2.24, 2.45) is 5.92 Å². The Morgan fingerprint density at radius 3 is 2.65 bits per heavy atom. The molecule has 0 aliphatic carbocycles. The molecule has 1 saturated heterocycles. The van der Waals surface area contributed by atoms with Crippen LogP contribution in [0.25, 0.3) is 0 Å². The van der Waals surface area contributed by atoms with E-state index in [2.05, 4.69) is 31.4 Å². The largest absolute Gasteiger partial charge is 0.353 e. The molecular formula is C13H26N2OS. The first kappa shape index (κ1) is 14.8. The van der Waals surface area contributed by atoms with Crippen molar-refractivity contribution in [3.05, 3.63) is 0 Å². The average molecular weight is 258 g/mol. The fourth-order valence-corrected chi connectivity index (χ4v) is 2.99. The minimum atomic E-state index is 0.196. The van der Waals surface area contributed by atoms with Crippen LogP contribution in [-0.2, 0) is 4.79 Å². The van der Waals surface area contributed by atoms with Gasteiger partial charge in [0.1, 0.15) is 0 Å². The van der Waals surface area contributed by atoms with Gasteiger partial charge in [0.25, 0.3) is 0 Å². The molecule has 17 heavy (non-hydrogen) atoms. The van der Waals surface area contributed by atoms with Crippen molar-refractivity contribution in [1.29, 1.82) is 0 Å². The number of rotatable bonds is 6. The number of hydrogen-bond acceptors (Lipinski definition) is 3. The quantitative estimate of drug-likeness (QED) is 0.766. The second-order valence-electron chi connectivity index (χ2n) is 5.00. The first-order chi connectivity index (χ1) is 8.13. The van der Waals surface area contributed by atoms with Gasteiger partial charge in [-0.3, -0.25) is 4.79 Å². The molecular weight excluding hydrogens is 232 g/mol. The summed E-state index contributed by atoms with van der Waals surface area (Å²) in [6.07, 6.45) is 3.50. The van der Waals surface area contributed by atoms with Gasteiger partial charge in [-0.05, 0) is 38.8 Å².